The van der Waals surface area contributed by atoms with Gasteiger partial charge in [0.05, 0.1) is 6.61 Å². The summed E-state index contributed by atoms with van der Waals surface area (Å²) in [5, 5.41) is 12.3. The SMILES string of the molecule is Cc1ccc(OCCC2CN(C(=O)O)CCN2)cc1C. The van der Waals surface area contributed by atoms with Gasteiger partial charge in [-0.2, -0.15) is 0 Å². The number of carbonyl (C=O) groups is 1. The molecule has 110 valence electrons. The summed E-state index contributed by atoms with van der Waals surface area (Å²) < 4.78 is 5.73. The molecule has 1 fully saturated rings. The molecule has 0 aliphatic carbocycles. The minimum absolute atomic E-state index is 0.173. The molecule has 0 saturated carbocycles. The Kier molecular flexibility index (Phi) is 4.84. The van der Waals surface area contributed by atoms with E-state index in [9.17, 15) is 4.79 Å². The molecule has 2 rings (SSSR count). The number of nitrogens with zero attached hydrogens (tertiary/aromatic N) is 1. The first-order chi connectivity index (χ1) is 9.56. The van der Waals surface area contributed by atoms with Gasteiger partial charge in [0.2, 0.25) is 0 Å². The van der Waals surface area contributed by atoms with E-state index >= 15 is 0 Å². The lowest BCUT2D eigenvalue weighted by Crippen LogP contribution is -2.52. The molecule has 0 aromatic heterocycles. The Balaban J connectivity index is 1.77. The monoisotopic (exact) mass is 278 g/mol. The van der Waals surface area contributed by atoms with Crippen molar-refractivity contribution in [1.29, 1.82) is 0 Å². The lowest BCUT2D eigenvalue weighted by molar-refractivity contribution is 0.124. The predicted molar refractivity (Wildman–Crippen MR) is 77.4 cm³/mol. The number of nitrogens with one attached hydrogen (secondary N) is 1. The van der Waals surface area contributed by atoms with Crippen LogP contribution in [0, 0.1) is 13.8 Å². The van der Waals surface area contributed by atoms with Crippen molar-refractivity contribution < 1.29 is 14.6 Å². The van der Waals surface area contributed by atoms with Crippen molar-refractivity contribution in [2.24, 2.45) is 0 Å². The molecule has 5 heteroatoms. The second-order valence-electron chi connectivity index (χ2n) is 5.26. The second-order valence-corrected chi connectivity index (χ2v) is 5.26. The Bertz CT molecular complexity index is 476. The highest BCUT2D eigenvalue weighted by Crippen LogP contribution is 2.16. The van der Waals surface area contributed by atoms with Crippen LogP contribution in [0.3, 0.4) is 0 Å². The van der Waals surface area contributed by atoms with Gasteiger partial charge < -0.3 is 20.1 Å². The van der Waals surface area contributed by atoms with E-state index in [-0.39, 0.29) is 6.04 Å². The van der Waals surface area contributed by atoms with Crippen LogP contribution in [0.1, 0.15) is 17.5 Å². The number of aryl methyl sites for hydroxylation is 2. The maximum atomic E-state index is 10.9. The quantitative estimate of drug-likeness (QED) is 0.884. The number of hydrogen-bond acceptors (Lipinski definition) is 3. The molecule has 1 aromatic rings. The number of hydrogen-bond donors (Lipinski definition) is 2. The number of benzene rings is 1. The Labute approximate surface area is 119 Å². The Hall–Kier alpha value is -1.75. The van der Waals surface area contributed by atoms with Gasteiger partial charge in [-0.15, -0.1) is 0 Å². The fourth-order valence-electron chi connectivity index (χ4n) is 2.32. The molecule has 1 heterocycles. The van der Waals surface area contributed by atoms with Gasteiger partial charge in [-0.05, 0) is 43.5 Å². The van der Waals surface area contributed by atoms with E-state index in [1.807, 2.05) is 12.1 Å². The Morgan fingerprint density at radius 3 is 2.95 bits per heavy atom. The van der Waals surface area contributed by atoms with Gasteiger partial charge in [0.25, 0.3) is 0 Å². The summed E-state index contributed by atoms with van der Waals surface area (Å²) in [4.78, 5) is 12.4. The zero-order chi connectivity index (χ0) is 14.5. The zero-order valence-electron chi connectivity index (χ0n) is 12.1. The van der Waals surface area contributed by atoms with E-state index < -0.39 is 6.09 Å². The highest BCUT2D eigenvalue weighted by molar-refractivity contribution is 5.65. The van der Waals surface area contributed by atoms with Crippen molar-refractivity contribution in [3.63, 3.8) is 0 Å². The molecule has 1 aromatic carbocycles. The Morgan fingerprint density at radius 1 is 1.45 bits per heavy atom. The number of ether oxygens (including phenoxy) is 1. The molecule has 2 N–H and O–H groups in total. The fraction of sp³-hybridized carbons (Fsp3) is 0.533. The van der Waals surface area contributed by atoms with Gasteiger partial charge in [-0.3, -0.25) is 0 Å². The molecule has 1 aliphatic rings. The van der Waals surface area contributed by atoms with E-state index in [1.54, 1.807) is 0 Å². The van der Waals surface area contributed by atoms with Gasteiger partial charge in [-0.1, -0.05) is 6.07 Å². The lowest BCUT2D eigenvalue weighted by atomic mass is 10.1. The molecular formula is C15H22N2O3. The van der Waals surface area contributed by atoms with Gasteiger partial charge in [-0.25, -0.2) is 4.79 Å². The summed E-state index contributed by atoms with van der Waals surface area (Å²) in [7, 11) is 0. The van der Waals surface area contributed by atoms with E-state index in [1.165, 1.54) is 16.0 Å². The van der Waals surface area contributed by atoms with E-state index in [0.29, 0.717) is 26.2 Å². The standard InChI is InChI=1S/C15H22N2O3/c1-11-3-4-14(9-12(11)2)20-8-5-13-10-17(15(18)19)7-6-16-13/h3-4,9,13,16H,5-8,10H2,1-2H3,(H,18,19). The second kappa shape index (κ2) is 6.61. The average molecular weight is 278 g/mol. The number of amides is 1. The Morgan fingerprint density at radius 2 is 2.25 bits per heavy atom. The third kappa shape index (κ3) is 3.87. The van der Waals surface area contributed by atoms with E-state index in [2.05, 4.69) is 25.2 Å². The first-order valence-electron chi connectivity index (χ1n) is 6.97. The van der Waals surface area contributed by atoms with Gasteiger partial charge in [0, 0.05) is 25.7 Å². The molecule has 1 saturated heterocycles. The van der Waals surface area contributed by atoms with Crippen molar-refractivity contribution in [2.75, 3.05) is 26.2 Å². The van der Waals surface area contributed by atoms with Crippen molar-refractivity contribution in [3.8, 4) is 5.75 Å². The van der Waals surface area contributed by atoms with E-state index in [4.69, 9.17) is 9.84 Å². The molecule has 1 amide bonds. The summed E-state index contributed by atoms with van der Waals surface area (Å²) >= 11 is 0. The van der Waals surface area contributed by atoms with Crippen molar-refractivity contribution in [1.82, 2.24) is 10.2 Å². The highest BCUT2D eigenvalue weighted by atomic mass is 16.5. The average Bonchev–Trinajstić information content (AvgIpc) is 2.43. The van der Waals surface area contributed by atoms with Crippen molar-refractivity contribution in [3.05, 3.63) is 29.3 Å². The van der Waals surface area contributed by atoms with Crippen LogP contribution in [0.15, 0.2) is 18.2 Å². The van der Waals surface area contributed by atoms with Crippen LogP contribution >= 0.6 is 0 Å². The molecule has 1 unspecified atom stereocenters. The zero-order valence-corrected chi connectivity index (χ0v) is 12.1. The normalized spacial score (nSPS) is 18.9. The largest absolute Gasteiger partial charge is 0.494 e. The molecular weight excluding hydrogens is 256 g/mol. The van der Waals surface area contributed by atoms with Crippen molar-refractivity contribution in [2.45, 2.75) is 26.3 Å². The summed E-state index contributed by atoms with van der Waals surface area (Å²) in [6.07, 6.45) is -0.0388. The molecule has 0 spiro atoms. The number of piperazine rings is 1. The summed E-state index contributed by atoms with van der Waals surface area (Å²) in [5.74, 6) is 0.874. The fourth-order valence-corrected chi connectivity index (χ4v) is 2.32. The molecule has 20 heavy (non-hydrogen) atoms. The number of carboxylic acid groups (broad SMARTS) is 1. The maximum absolute atomic E-state index is 10.9. The molecule has 1 aliphatic heterocycles. The summed E-state index contributed by atoms with van der Waals surface area (Å²) in [6, 6.07) is 6.23. The maximum Gasteiger partial charge on any atom is 0.407 e. The predicted octanol–water partition coefficient (Wildman–Crippen LogP) is 2.02. The first-order valence-corrected chi connectivity index (χ1v) is 6.97. The summed E-state index contributed by atoms with van der Waals surface area (Å²) in [6.45, 7) is 6.53. The van der Waals surface area contributed by atoms with Crippen LogP contribution in [-0.2, 0) is 0 Å². The lowest BCUT2D eigenvalue weighted by Gasteiger charge is -2.31. The van der Waals surface area contributed by atoms with Crippen LogP contribution in [-0.4, -0.2) is 48.4 Å². The van der Waals surface area contributed by atoms with Crippen molar-refractivity contribution >= 4 is 6.09 Å². The van der Waals surface area contributed by atoms with Crippen LogP contribution in [0.5, 0.6) is 5.75 Å². The highest BCUT2D eigenvalue weighted by Gasteiger charge is 2.22. The first kappa shape index (κ1) is 14.7. The molecule has 1 atom stereocenters. The minimum Gasteiger partial charge on any atom is -0.494 e. The topological polar surface area (TPSA) is 61.8 Å². The van der Waals surface area contributed by atoms with Crippen LogP contribution in [0.2, 0.25) is 0 Å². The van der Waals surface area contributed by atoms with Crippen LogP contribution < -0.4 is 10.1 Å². The van der Waals surface area contributed by atoms with E-state index in [0.717, 1.165) is 12.2 Å². The van der Waals surface area contributed by atoms with Crippen LogP contribution in [0.4, 0.5) is 4.79 Å². The third-order valence-corrected chi connectivity index (χ3v) is 3.74. The van der Waals surface area contributed by atoms with Gasteiger partial charge in [0.1, 0.15) is 5.75 Å². The number of rotatable bonds is 4. The van der Waals surface area contributed by atoms with Crippen LogP contribution in [0.25, 0.3) is 0 Å². The van der Waals surface area contributed by atoms with Gasteiger partial charge in [0.15, 0.2) is 0 Å². The van der Waals surface area contributed by atoms with Gasteiger partial charge >= 0.3 is 6.09 Å². The minimum atomic E-state index is -0.841. The third-order valence-electron chi connectivity index (χ3n) is 3.74. The molecule has 0 radical (unpaired) electrons. The molecule has 0 bridgehead atoms. The summed E-state index contributed by atoms with van der Waals surface area (Å²) in [5.41, 5.74) is 2.47. The molecule has 5 nitrogen and oxygen atoms in total. The smallest absolute Gasteiger partial charge is 0.407 e.